The van der Waals surface area contributed by atoms with Crippen LogP contribution in [-0.2, 0) is 20.0 Å². The molecule has 0 unspecified atom stereocenters. The van der Waals surface area contributed by atoms with E-state index < -0.39 is 0 Å². The molecule has 0 atom stereocenters. The van der Waals surface area contributed by atoms with Crippen LogP contribution in [0.3, 0.4) is 0 Å². The van der Waals surface area contributed by atoms with Crippen LogP contribution in [0.1, 0.15) is 55.1 Å². The van der Waals surface area contributed by atoms with Crippen LogP contribution in [0.4, 0.5) is 0 Å². The van der Waals surface area contributed by atoms with Crippen molar-refractivity contribution in [3.05, 3.63) is 52.8 Å². The van der Waals surface area contributed by atoms with Crippen LogP contribution in [0.5, 0.6) is 0 Å². The Hall–Kier alpha value is -2.34. The largest absolute Gasteiger partial charge is 0.357 e. The number of benzene rings is 1. The summed E-state index contributed by atoms with van der Waals surface area (Å²) in [6.45, 7) is 12.5. The molecule has 0 saturated carbocycles. The maximum atomic E-state index is 4.78. The molecule has 0 bridgehead atoms. The predicted octanol–water partition coefficient (Wildman–Crippen LogP) is 3.83. The molecule has 2 aromatic rings. The van der Waals surface area contributed by atoms with Crippen molar-refractivity contribution in [2.24, 2.45) is 18.0 Å². The van der Waals surface area contributed by atoms with E-state index in [4.69, 9.17) is 4.99 Å². The quantitative estimate of drug-likeness (QED) is 0.336. The number of unbranched alkanes of at least 4 members (excludes halogenated alkanes) is 1. The van der Waals surface area contributed by atoms with Gasteiger partial charge in [-0.2, -0.15) is 5.10 Å². The molecule has 2 heterocycles. The van der Waals surface area contributed by atoms with Crippen LogP contribution < -0.4 is 10.6 Å². The van der Waals surface area contributed by atoms with Gasteiger partial charge in [0.2, 0.25) is 0 Å². The highest BCUT2D eigenvalue weighted by Crippen LogP contribution is 2.21. The van der Waals surface area contributed by atoms with Gasteiger partial charge >= 0.3 is 0 Å². The topological polar surface area (TPSA) is 57.5 Å². The smallest absolute Gasteiger partial charge is 0.191 e. The van der Waals surface area contributed by atoms with Gasteiger partial charge in [0.25, 0.3) is 0 Å². The van der Waals surface area contributed by atoms with Crippen molar-refractivity contribution in [1.82, 2.24) is 25.3 Å². The third-order valence-electron chi connectivity index (χ3n) is 6.67. The van der Waals surface area contributed by atoms with E-state index in [1.807, 2.05) is 11.7 Å². The molecule has 1 fully saturated rings. The molecule has 1 aromatic heterocycles. The SMILES string of the molecule is CCNC(=NCc1c(C)nn(C)c1C)NCCCCN1CCC(Cc2ccccc2)CC1. The van der Waals surface area contributed by atoms with Crippen molar-refractivity contribution in [3.8, 4) is 0 Å². The lowest BCUT2D eigenvalue weighted by Gasteiger charge is -2.32. The molecular weight excluding hydrogens is 396 g/mol. The number of hydrogen-bond acceptors (Lipinski definition) is 3. The van der Waals surface area contributed by atoms with Crippen molar-refractivity contribution < 1.29 is 0 Å². The number of aryl methyl sites for hydroxylation is 2. The maximum absolute atomic E-state index is 4.78. The lowest BCUT2D eigenvalue weighted by atomic mass is 9.90. The molecule has 1 aliphatic rings. The van der Waals surface area contributed by atoms with E-state index in [-0.39, 0.29) is 0 Å². The molecule has 1 aromatic carbocycles. The minimum Gasteiger partial charge on any atom is -0.357 e. The Kier molecular flexibility index (Phi) is 9.60. The second-order valence-corrected chi connectivity index (χ2v) is 9.08. The second kappa shape index (κ2) is 12.6. The molecular formula is C26H42N6. The zero-order chi connectivity index (χ0) is 22.8. The third kappa shape index (κ3) is 7.37. The minimum absolute atomic E-state index is 0.665. The Morgan fingerprint density at radius 1 is 1.09 bits per heavy atom. The zero-order valence-corrected chi connectivity index (χ0v) is 20.5. The van der Waals surface area contributed by atoms with Crippen LogP contribution in [-0.4, -0.2) is 53.4 Å². The first-order chi connectivity index (χ1) is 15.6. The van der Waals surface area contributed by atoms with Crippen LogP contribution >= 0.6 is 0 Å². The summed E-state index contributed by atoms with van der Waals surface area (Å²) in [5.41, 5.74) is 4.97. The number of nitrogens with zero attached hydrogens (tertiary/aromatic N) is 4. The summed E-state index contributed by atoms with van der Waals surface area (Å²) in [5, 5.41) is 11.4. The summed E-state index contributed by atoms with van der Waals surface area (Å²) in [5.74, 6) is 1.75. The third-order valence-corrected chi connectivity index (χ3v) is 6.67. The second-order valence-electron chi connectivity index (χ2n) is 9.08. The van der Waals surface area contributed by atoms with E-state index >= 15 is 0 Å². The van der Waals surface area contributed by atoms with Crippen molar-refractivity contribution in [2.75, 3.05) is 32.7 Å². The Balaban J connectivity index is 1.32. The molecule has 3 rings (SSSR count). The molecule has 0 amide bonds. The van der Waals surface area contributed by atoms with Gasteiger partial charge in [0.1, 0.15) is 0 Å². The summed E-state index contributed by atoms with van der Waals surface area (Å²) in [6, 6.07) is 11.0. The van der Waals surface area contributed by atoms with Gasteiger partial charge in [0.15, 0.2) is 5.96 Å². The fourth-order valence-corrected chi connectivity index (χ4v) is 4.57. The van der Waals surface area contributed by atoms with Gasteiger partial charge < -0.3 is 15.5 Å². The standard InChI is InChI=1S/C26H42N6/c1-5-27-26(29-20-25-21(2)30-31(4)22(25)3)28-15-9-10-16-32-17-13-24(14-18-32)19-23-11-7-6-8-12-23/h6-8,11-12,24H,5,9-10,13-20H2,1-4H3,(H2,27,28,29). The van der Waals surface area contributed by atoms with Crippen molar-refractivity contribution >= 4 is 5.96 Å². The monoisotopic (exact) mass is 438 g/mol. The Morgan fingerprint density at radius 3 is 2.50 bits per heavy atom. The molecule has 0 aliphatic carbocycles. The number of hydrogen-bond donors (Lipinski definition) is 2. The summed E-state index contributed by atoms with van der Waals surface area (Å²) in [6.07, 6.45) is 6.30. The van der Waals surface area contributed by atoms with E-state index in [1.54, 1.807) is 0 Å². The molecule has 1 saturated heterocycles. The van der Waals surface area contributed by atoms with Gasteiger partial charge in [-0.25, -0.2) is 4.99 Å². The van der Waals surface area contributed by atoms with Crippen LogP contribution in [0, 0.1) is 19.8 Å². The normalized spacial score (nSPS) is 15.8. The van der Waals surface area contributed by atoms with Crippen molar-refractivity contribution in [2.45, 2.75) is 59.4 Å². The minimum atomic E-state index is 0.665. The Labute approximate surface area is 194 Å². The first-order valence-corrected chi connectivity index (χ1v) is 12.3. The lowest BCUT2D eigenvalue weighted by Crippen LogP contribution is -2.38. The maximum Gasteiger partial charge on any atom is 0.191 e. The number of rotatable bonds is 10. The Morgan fingerprint density at radius 2 is 1.84 bits per heavy atom. The van der Waals surface area contributed by atoms with Crippen molar-refractivity contribution in [1.29, 1.82) is 0 Å². The van der Waals surface area contributed by atoms with Crippen molar-refractivity contribution in [3.63, 3.8) is 0 Å². The number of aromatic nitrogens is 2. The summed E-state index contributed by atoms with van der Waals surface area (Å²) < 4.78 is 1.94. The summed E-state index contributed by atoms with van der Waals surface area (Å²) in [7, 11) is 1.99. The average molecular weight is 439 g/mol. The van der Waals surface area contributed by atoms with Crippen LogP contribution in [0.25, 0.3) is 0 Å². The number of guanidine groups is 1. The number of piperidine rings is 1. The van der Waals surface area contributed by atoms with Gasteiger partial charge in [-0.3, -0.25) is 4.68 Å². The molecule has 0 spiro atoms. The van der Waals surface area contributed by atoms with E-state index in [0.29, 0.717) is 6.54 Å². The molecule has 32 heavy (non-hydrogen) atoms. The highest BCUT2D eigenvalue weighted by Gasteiger charge is 2.19. The van der Waals surface area contributed by atoms with Gasteiger partial charge in [0.05, 0.1) is 12.2 Å². The molecule has 1 aliphatic heterocycles. The molecule has 2 N–H and O–H groups in total. The lowest BCUT2D eigenvalue weighted by molar-refractivity contribution is 0.181. The molecule has 6 nitrogen and oxygen atoms in total. The number of aliphatic imine (C=N–C) groups is 1. The Bertz CT molecular complexity index is 834. The fourth-order valence-electron chi connectivity index (χ4n) is 4.57. The highest BCUT2D eigenvalue weighted by molar-refractivity contribution is 5.79. The molecule has 0 radical (unpaired) electrons. The molecule has 6 heteroatoms. The number of likely N-dealkylation sites (tertiary alicyclic amines) is 1. The molecule has 176 valence electrons. The van der Waals surface area contributed by atoms with Crippen LogP contribution in [0.15, 0.2) is 35.3 Å². The van der Waals surface area contributed by atoms with E-state index in [9.17, 15) is 0 Å². The van der Waals surface area contributed by atoms with E-state index in [1.165, 1.54) is 68.6 Å². The predicted molar refractivity (Wildman–Crippen MR) is 134 cm³/mol. The number of nitrogens with one attached hydrogen (secondary N) is 2. The van der Waals surface area contributed by atoms with Gasteiger partial charge in [-0.1, -0.05) is 30.3 Å². The first-order valence-electron chi connectivity index (χ1n) is 12.3. The van der Waals surface area contributed by atoms with Crippen LogP contribution in [0.2, 0.25) is 0 Å². The zero-order valence-electron chi connectivity index (χ0n) is 20.5. The van der Waals surface area contributed by atoms with E-state index in [0.717, 1.165) is 30.7 Å². The highest BCUT2D eigenvalue weighted by atomic mass is 15.3. The van der Waals surface area contributed by atoms with Gasteiger partial charge in [-0.05, 0) is 84.0 Å². The summed E-state index contributed by atoms with van der Waals surface area (Å²) >= 11 is 0. The average Bonchev–Trinajstić information content (AvgIpc) is 3.04. The fraction of sp³-hybridized carbons (Fsp3) is 0.615. The van der Waals surface area contributed by atoms with Gasteiger partial charge in [-0.15, -0.1) is 0 Å². The van der Waals surface area contributed by atoms with E-state index in [2.05, 4.69) is 71.7 Å². The first kappa shape index (κ1) is 24.3. The summed E-state index contributed by atoms with van der Waals surface area (Å²) in [4.78, 5) is 7.43. The van der Waals surface area contributed by atoms with Gasteiger partial charge in [0, 0.05) is 31.4 Å².